The van der Waals surface area contributed by atoms with E-state index in [1.165, 1.54) is 5.56 Å². The molecule has 0 aliphatic heterocycles. The molecule has 0 bridgehead atoms. The Morgan fingerprint density at radius 2 is 1.81 bits per heavy atom. The topological polar surface area (TPSA) is 49.8 Å². The molecule has 0 spiro atoms. The van der Waals surface area contributed by atoms with Crippen LogP contribution in [0.2, 0.25) is 0 Å². The van der Waals surface area contributed by atoms with E-state index in [-0.39, 0.29) is 0 Å². The number of rotatable bonds is 6. The lowest BCUT2D eigenvalue weighted by Gasteiger charge is -2.15. The zero-order valence-electron chi connectivity index (χ0n) is 13.3. The second-order valence-corrected chi connectivity index (χ2v) is 5.24. The zero-order valence-corrected chi connectivity index (χ0v) is 13.3. The maximum Gasteiger partial charge on any atom is 0.139 e. The molecule has 0 radical (unpaired) electrons. The number of aryl methyl sites for hydroxylation is 2. The van der Waals surface area contributed by atoms with Gasteiger partial charge in [0.15, 0.2) is 0 Å². The lowest BCUT2D eigenvalue weighted by Crippen LogP contribution is -2.10. The maximum absolute atomic E-state index is 4.62. The Bertz CT molecular complexity index is 608. The Balaban J connectivity index is 2.33. The van der Waals surface area contributed by atoms with Crippen LogP contribution in [-0.4, -0.2) is 16.5 Å². The van der Waals surface area contributed by atoms with E-state index in [9.17, 15) is 0 Å². The summed E-state index contributed by atoms with van der Waals surface area (Å²) < 4.78 is 0. The van der Waals surface area contributed by atoms with Gasteiger partial charge < -0.3 is 10.6 Å². The molecular weight excluding hydrogens is 260 g/mol. The predicted molar refractivity (Wildman–Crippen MR) is 89.4 cm³/mol. The van der Waals surface area contributed by atoms with Gasteiger partial charge in [0.1, 0.15) is 17.5 Å². The van der Waals surface area contributed by atoms with Gasteiger partial charge in [0.25, 0.3) is 0 Å². The molecule has 2 rings (SSSR count). The summed E-state index contributed by atoms with van der Waals surface area (Å²) in [7, 11) is 0. The van der Waals surface area contributed by atoms with Crippen molar-refractivity contribution < 1.29 is 0 Å². The molecule has 0 aliphatic carbocycles. The van der Waals surface area contributed by atoms with Crippen LogP contribution in [0, 0.1) is 13.8 Å². The largest absolute Gasteiger partial charge is 0.370 e. The summed E-state index contributed by atoms with van der Waals surface area (Å²) in [5.74, 6) is 2.67. The first kappa shape index (κ1) is 15.3. The fourth-order valence-electron chi connectivity index (χ4n) is 2.12. The third-order valence-corrected chi connectivity index (χ3v) is 3.33. The summed E-state index contributed by atoms with van der Waals surface area (Å²) in [5, 5.41) is 6.80. The molecule has 0 unspecified atom stereocenters. The Labute approximate surface area is 127 Å². The minimum absolute atomic E-state index is 0.823. The molecule has 4 nitrogen and oxygen atoms in total. The molecule has 0 atom stereocenters. The minimum Gasteiger partial charge on any atom is -0.370 e. The summed E-state index contributed by atoms with van der Waals surface area (Å²) in [6.07, 6.45) is 1.90. The molecule has 112 valence electrons. The van der Waals surface area contributed by atoms with E-state index in [4.69, 9.17) is 0 Å². The predicted octanol–water partition coefficient (Wildman–Crippen LogP) is 4.22. The summed E-state index contributed by atoms with van der Waals surface area (Å²) in [6.45, 7) is 9.28. The Hall–Kier alpha value is -2.10. The van der Waals surface area contributed by atoms with Crippen LogP contribution < -0.4 is 10.6 Å². The number of benzene rings is 1. The summed E-state index contributed by atoms with van der Waals surface area (Å²) in [4.78, 5) is 9.21. The van der Waals surface area contributed by atoms with Crippen molar-refractivity contribution in [3.63, 3.8) is 0 Å². The molecule has 0 fully saturated rings. The zero-order chi connectivity index (χ0) is 15.2. The first-order valence-corrected chi connectivity index (χ1v) is 7.59. The van der Waals surface area contributed by atoms with Crippen LogP contribution in [0.15, 0.2) is 24.3 Å². The second kappa shape index (κ2) is 7.07. The van der Waals surface area contributed by atoms with E-state index in [1.807, 2.05) is 6.07 Å². The molecular formula is C17H24N4. The highest BCUT2D eigenvalue weighted by molar-refractivity contribution is 5.65. The molecule has 0 saturated heterocycles. The number of anilines is 3. The van der Waals surface area contributed by atoms with Crippen molar-refractivity contribution in [3.05, 3.63) is 41.2 Å². The number of aromatic nitrogens is 2. The smallest absolute Gasteiger partial charge is 0.139 e. The van der Waals surface area contributed by atoms with Gasteiger partial charge in [-0.1, -0.05) is 26.0 Å². The van der Waals surface area contributed by atoms with Crippen LogP contribution in [0.1, 0.15) is 37.2 Å². The van der Waals surface area contributed by atoms with Crippen molar-refractivity contribution in [2.45, 2.75) is 40.5 Å². The van der Waals surface area contributed by atoms with Gasteiger partial charge in [-0.15, -0.1) is 0 Å². The van der Waals surface area contributed by atoms with Crippen molar-refractivity contribution in [3.8, 4) is 0 Å². The van der Waals surface area contributed by atoms with E-state index in [0.29, 0.717) is 0 Å². The third kappa shape index (κ3) is 3.94. The first-order valence-electron chi connectivity index (χ1n) is 7.59. The second-order valence-electron chi connectivity index (χ2n) is 5.24. The van der Waals surface area contributed by atoms with E-state index in [0.717, 1.165) is 48.1 Å². The lowest BCUT2D eigenvalue weighted by molar-refractivity contribution is 0.911. The van der Waals surface area contributed by atoms with Crippen LogP contribution in [0.4, 0.5) is 17.3 Å². The van der Waals surface area contributed by atoms with E-state index < -0.39 is 0 Å². The van der Waals surface area contributed by atoms with Crippen molar-refractivity contribution in [1.82, 2.24) is 9.97 Å². The highest BCUT2D eigenvalue weighted by atomic mass is 15.1. The molecule has 2 N–H and O–H groups in total. The van der Waals surface area contributed by atoms with Gasteiger partial charge in [-0.2, -0.15) is 0 Å². The monoisotopic (exact) mass is 284 g/mol. The first-order chi connectivity index (χ1) is 10.1. The molecule has 0 aliphatic rings. The molecule has 1 aromatic heterocycles. The summed E-state index contributed by atoms with van der Waals surface area (Å²) >= 11 is 0. The Morgan fingerprint density at radius 3 is 2.48 bits per heavy atom. The Morgan fingerprint density at radius 1 is 1.05 bits per heavy atom. The summed E-state index contributed by atoms with van der Waals surface area (Å²) in [6, 6.07) is 8.31. The third-order valence-electron chi connectivity index (χ3n) is 3.33. The van der Waals surface area contributed by atoms with Crippen LogP contribution >= 0.6 is 0 Å². The van der Waals surface area contributed by atoms with Crippen LogP contribution in [0.25, 0.3) is 0 Å². The van der Waals surface area contributed by atoms with Gasteiger partial charge in [0, 0.05) is 24.2 Å². The average Bonchev–Trinajstić information content (AvgIpc) is 2.48. The number of nitrogens with one attached hydrogen (secondary N) is 2. The molecule has 0 amide bonds. The van der Waals surface area contributed by atoms with Crippen molar-refractivity contribution >= 4 is 17.3 Å². The molecule has 1 heterocycles. The molecule has 0 saturated carbocycles. The highest BCUT2D eigenvalue weighted by Gasteiger charge is 2.10. The van der Waals surface area contributed by atoms with Gasteiger partial charge in [0.05, 0.1) is 0 Å². The molecule has 4 heteroatoms. The number of hydrogen-bond donors (Lipinski definition) is 2. The van der Waals surface area contributed by atoms with Crippen LogP contribution in [0.3, 0.4) is 0 Å². The highest BCUT2D eigenvalue weighted by Crippen LogP contribution is 2.24. The maximum atomic E-state index is 4.62. The van der Waals surface area contributed by atoms with Crippen LogP contribution in [-0.2, 0) is 6.42 Å². The fraction of sp³-hybridized carbons (Fsp3) is 0.412. The fourth-order valence-corrected chi connectivity index (χ4v) is 2.12. The van der Waals surface area contributed by atoms with Crippen molar-refractivity contribution in [2.75, 3.05) is 17.2 Å². The van der Waals surface area contributed by atoms with E-state index in [1.54, 1.807) is 0 Å². The van der Waals surface area contributed by atoms with Gasteiger partial charge >= 0.3 is 0 Å². The standard InChI is InChI=1S/C17H24N4/c1-5-10-18-16-13(4)17(21-15(6-2)20-16)19-14-9-7-8-12(3)11-14/h7-9,11H,5-6,10H2,1-4H3,(H2,18,19,20,21). The molecule has 2 aromatic rings. The van der Waals surface area contributed by atoms with Crippen molar-refractivity contribution in [2.24, 2.45) is 0 Å². The van der Waals surface area contributed by atoms with E-state index in [2.05, 4.69) is 66.5 Å². The van der Waals surface area contributed by atoms with Gasteiger partial charge in [0.2, 0.25) is 0 Å². The number of hydrogen-bond acceptors (Lipinski definition) is 4. The lowest BCUT2D eigenvalue weighted by atomic mass is 10.2. The average molecular weight is 284 g/mol. The van der Waals surface area contributed by atoms with E-state index >= 15 is 0 Å². The van der Waals surface area contributed by atoms with Gasteiger partial charge in [-0.3, -0.25) is 0 Å². The van der Waals surface area contributed by atoms with Crippen molar-refractivity contribution in [1.29, 1.82) is 0 Å². The van der Waals surface area contributed by atoms with Gasteiger partial charge in [-0.05, 0) is 38.0 Å². The SMILES string of the molecule is CCCNc1nc(CC)nc(Nc2cccc(C)c2)c1C. The quantitative estimate of drug-likeness (QED) is 0.833. The van der Waals surface area contributed by atoms with Crippen LogP contribution in [0.5, 0.6) is 0 Å². The molecule has 1 aromatic carbocycles. The van der Waals surface area contributed by atoms with Gasteiger partial charge in [-0.25, -0.2) is 9.97 Å². The molecule has 21 heavy (non-hydrogen) atoms. The normalized spacial score (nSPS) is 10.5. The Kier molecular flexibility index (Phi) is 5.14. The minimum atomic E-state index is 0.823. The number of nitrogens with zero attached hydrogens (tertiary/aromatic N) is 2. The summed E-state index contributed by atoms with van der Waals surface area (Å²) in [5.41, 5.74) is 3.34.